The molecule has 1 aliphatic carbocycles. The largest absolute Gasteiger partial charge is 0.477 e. The average Bonchev–Trinajstić information content (AvgIpc) is 3.20. The molecule has 4 heterocycles. The van der Waals surface area contributed by atoms with Crippen molar-refractivity contribution in [3.8, 4) is 17.0 Å². The topological polar surface area (TPSA) is 118 Å². The number of fused-ring (bicyclic) bond motifs is 1. The number of H-pyrrole nitrogens is 1. The standard InChI is InChI=1S/C19H25N7O3S/c1-30(27,28)25-6-4-16(5-7-25)22-19-23-17-8-14(15-10-20-21-11-15)9-18(26(17)24-19)29-12-13-2-3-13/h8-11,13,16H,2-7,12H2,1H3,(H,20,21)(H,22,24). The van der Waals surface area contributed by atoms with E-state index >= 15 is 0 Å². The van der Waals surface area contributed by atoms with E-state index in [2.05, 4.69) is 25.6 Å². The molecule has 1 saturated heterocycles. The number of aromatic amines is 1. The summed E-state index contributed by atoms with van der Waals surface area (Å²) in [5.74, 6) is 1.80. The van der Waals surface area contributed by atoms with Crippen LogP contribution in [0.25, 0.3) is 16.8 Å². The minimum absolute atomic E-state index is 0.129. The number of rotatable bonds is 7. The van der Waals surface area contributed by atoms with Gasteiger partial charge in [-0.05, 0) is 43.2 Å². The van der Waals surface area contributed by atoms with Crippen molar-refractivity contribution in [2.24, 2.45) is 5.92 Å². The number of nitrogens with zero attached hydrogens (tertiary/aromatic N) is 5. The lowest BCUT2D eigenvalue weighted by molar-refractivity contribution is 0.281. The molecule has 5 rings (SSSR count). The van der Waals surface area contributed by atoms with Gasteiger partial charge in [0.2, 0.25) is 21.9 Å². The summed E-state index contributed by atoms with van der Waals surface area (Å²) < 4.78 is 32.7. The molecule has 1 aliphatic heterocycles. The lowest BCUT2D eigenvalue weighted by Gasteiger charge is -2.30. The van der Waals surface area contributed by atoms with Gasteiger partial charge in [-0.15, -0.1) is 5.10 Å². The van der Waals surface area contributed by atoms with Crippen molar-refractivity contribution < 1.29 is 13.2 Å². The van der Waals surface area contributed by atoms with E-state index < -0.39 is 10.0 Å². The molecule has 0 spiro atoms. The summed E-state index contributed by atoms with van der Waals surface area (Å²) in [7, 11) is -3.14. The fourth-order valence-electron chi connectivity index (χ4n) is 3.70. The zero-order valence-corrected chi connectivity index (χ0v) is 17.6. The van der Waals surface area contributed by atoms with Gasteiger partial charge in [0, 0.05) is 37.0 Å². The van der Waals surface area contributed by atoms with Crippen molar-refractivity contribution in [1.82, 2.24) is 29.1 Å². The molecule has 10 nitrogen and oxygen atoms in total. The number of nitrogens with one attached hydrogen (secondary N) is 2. The molecule has 1 saturated carbocycles. The highest BCUT2D eigenvalue weighted by Crippen LogP contribution is 2.31. The number of aromatic nitrogens is 5. The maximum absolute atomic E-state index is 11.7. The van der Waals surface area contributed by atoms with Gasteiger partial charge in [-0.1, -0.05) is 0 Å². The van der Waals surface area contributed by atoms with Crippen molar-refractivity contribution >= 4 is 21.6 Å². The third-order valence-corrected chi connectivity index (χ3v) is 6.96. The summed E-state index contributed by atoms with van der Waals surface area (Å²) in [5, 5.41) is 14.8. The highest BCUT2D eigenvalue weighted by atomic mass is 32.2. The molecule has 0 unspecified atom stereocenters. The molecule has 2 N–H and O–H groups in total. The molecule has 0 amide bonds. The zero-order valence-electron chi connectivity index (χ0n) is 16.8. The lowest BCUT2D eigenvalue weighted by Crippen LogP contribution is -2.41. The predicted molar refractivity (Wildman–Crippen MR) is 112 cm³/mol. The smallest absolute Gasteiger partial charge is 0.243 e. The molecule has 0 atom stereocenters. The summed E-state index contributed by atoms with van der Waals surface area (Å²) in [4.78, 5) is 4.65. The SMILES string of the molecule is CS(=O)(=O)N1CCC(Nc2nc3cc(-c4cn[nH]c4)cc(OCC4CC4)n3n2)CC1. The van der Waals surface area contributed by atoms with E-state index in [-0.39, 0.29) is 6.04 Å². The van der Waals surface area contributed by atoms with Gasteiger partial charge in [-0.25, -0.2) is 12.7 Å². The van der Waals surface area contributed by atoms with Crippen LogP contribution in [0.1, 0.15) is 25.7 Å². The van der Waals surface area contributed by atoms with Gasteiger partial charge < -0.3 is 10.1 Å². The lowest BCUT2D eigenvalue weighted by atomic mass is 10.1. The number of anilines is 1. The van der Waals surface area contributed by atoms with Crippen LogP contribution in [-0.4, -0.2) is 69.5 Å². The first-order chi connectivity index (χ1) is 14.5. The molecule has 3 aromatic rings. The highest BCUT2D eigenvalue weighted by Gasteiger charge is 2.26. The second-order valence-corrected chi connectivity index (χ2v) is 10.1. The normalized spacial score (nSPS) is 18.7. The van der Waals surface area contributed by atoms with Gasteiger partial charge in [0.15, 0.2) is 5.65 Å². The quantitative estimate of drug-likeness (QED) is 0.585. The summed E-state index contributed by atoms with van der Waals surface area (Å²) in [6.45, 7) is 1.69. The Kier molecular flexibility index (Phi) is 4.86. The van der Waals surface area contributed by atoms with E-state index in [9.17, 15) is 8.42 Å². The molecular weight excluding hydrogens is 406 g/mol. The molecule has 11 heteroatoms. The Bertz CT molecular complexity index is 1130. The number of pyridine rings is 1. The third kappa shape index (κ3) is 4.12. The third-order valence-electron chi connectivity index (χ3n) is 5.66. The van der Waals surface area contributed by atoms with Crippen LogP contribution in [0.3, 0.4) is 0 Å². The van der Waals surface area contributed by atoms with E-state index in [0.29, 0.717) is 55.9 Å². The molecule has 2 aliphatic rings. The monoisotopic (exact) mass is 431 g/mol. The van der Waals surface area contributed by atoms with Crippen LogP contribution in [0.4, 0.5) is 5.95 Å². The van der Waals surface area contributed by atoms with Gasteiger partial charge in [-0.2, -0.15) is 14.6 Å². The van der Waals surface area contributed by atoms with Gasteiger partial charge in [0.1, 0.15) is 0 Å². The fraction of sp³-hybridized carbons (Fsp3) is 0.526. The first kappa shape index (κ1) is 19.3. The van der Waals surface area contributed by atoms with Crippen LogP contribution in [0, 0.1) is 5.92 Å². The Morgan fingerprint density at radius 1 is 1.20 bits per heavy atom. The maximum Gasteiger partial charge on any atom is 0.243 e. The van der Waals surface area contributed by atoms with Gasteiger partial charge in [0.05, 0.1) is 19.1 Å². The minimum atomic E-state index is -3.14. The number of ether oxygens (including phenoxy) is 1. The second kappa shape index (κ2) is 7.55. The van der Waals surface area contributed by atoms with E-state index in [4.69, 9.17) is 4.74 Å². The highest BCUT2D eigenvalue weighted by molar-refractivity contribution is 7.88. The molecule has 2 fully saturated rings. The van der Waals surface area contributed by atoms with Crippen molar-refractivity contribution in [3.05, 3.63) is 24.5 Å². The molecular formula is C19H25N7O3S. The summed E-state index contributed by atoms with van der Waals surface area (Å²) in [5.41, 5.74) is 2.61. The Morgan fingerprint density at radius 2 is 2.00 bits per heavy atom. The first-order valence-electron chi connectivity index (χ1n) is 10.2. The minimum Gasteiger partial charge on any atom is -0.477 e. The van der Waals surface area contributed by atoms with Crippen molar-refractivity contribution in [3.63, 3.8) is 0 Å². The molecule has 160 valence electrons. The van der Waals surface area contributed by atoms with E-state index in [0.717, 1.165) is 11.1 Å². The number of hydrogen-bond acceptors (Lipinski definition) is 7. The van der Waals surface area contributed by atoms with Crippen LogP contribution in [0.5, 0.6) is 5.88 Å². The maximum atomic E-state index is 11.7. The molecule has 0 bridgehead atoms. The average molecular weight is 432 g/mol. The predicted octanol–water partition coefficient (Wildman–Crippen LogP) is 1.74. The summed E-state index contributed by atoms with van der Waals surface area (Å²) >= 11 is 0. The van der Waals surface area contributed by atoms with Gasteiger partial charge in [-0.3, -0.25) is 5.10 Å². The second-order valence-electron chi connectivity index (χ2n) is 8.11. The number of sulfonamides is 1. The molecule has 30 heavy (non-hydrogen) atoms. The van der Waals surface area contributed by atoms with E-state index in [1.54, 1.807) is 10.7 Å². The zero-order chi connectivity index (χ0) is 20.7. The van der Waals surface area contributed by atoms with Gasteiger partial charge >= 0.3 is 0 Å². The van der Waals surface area contributed by atoms with E-state index in [1.807, 2.05) is 18.3 Å². The van der Waals surface area contributed by atoms with Crippen LogP contribution in [-0.2, 0) is 10.0 Å². The number of hydrogen-bond donors (Lipinski definition) is 2. The van der Waals surface area contributed by atoms with Crippen LogP contribution in [0.2, 0.25) is 0 Å². The van der Waals surface area contributed by atoms with E-state index in [1.165, 1.54) is 23.4 Å². The van der Waals surface area contributed by atoms with Crippen LogP contribution in [0.15, 0.2) is 24.5 Å². The number of piperidine rings is 1. The molecule has 0 radical (unpaired) electrons. The van der Waals surface area contributed by atoms with Crippen LogP contribution >= 0.6 is 0 Å². The molecule has 3 aromatic heterocycles. The van der Waals surface area contributed by atoms with Gasteiger partial charge in [0.25, 0.3) is 0 Å². The first-order valence-corrected chi connectivity index (χ1v) is 12.0. The van der Waals surface area contributed by atoms with Crippen molar-refractivity contribution in [2.45, 2.75) is 31.7 Å². The Labute approximate surface area is 174 Å². The van der Waals surface area contributed by atoms with Crippen molar-refractivity contribution in [2.75, 3.05) is 31.3 Å². The van der Waals surface area contributed by atoms with Crippen LogP contribution < -0.4 is 10.1 Å². The fourth-order valence-corrected chi connectivity index (χ4v) is 4.57. The summed E-state index contributed by atoms with van der Waals surface area (Å²) in [6, 6.07) is 4.05. The van der Waals surface area contributed by atoms with Crippen molar-refractivity contribution in [1.29, 1.82) is 0 Å². The Morgan fingerprint density at radius 3 is 2.67 bits per heavy atom. The summed E-state index contributed by atoms with van der Waals surface area (Å²) in [6.07, 6.45) is 8.71. The molecule has 0 aromatic carbocycles. The Balaban J connectivity index is 1.38. The Hall–Kier alpha value is -2.66.